The molecule has 0 aliphatic carbocycles. The SMILES string of the molecule is O=C(O)CON1CCCC[C@H](NC(=O)[C@@H](S)Cc2ccccc2)C1=O. The van der Waals surface area contributed by atoms with Gasteiger partial charge in [0, 0.05) is 6.54 Å². The first-order chi connectivity index (χ1) is 12.0. The van der Waals surface area contributed by atoms with Crippen molar-refractivity contribution in [3.05, 3.63) is 35.9 Å². The highest BCUT2D eigenvalue weighted by Crippen LogP contribution is 2.14. The normalized spacial score (nSPS) is 19.2. The van der Waals surface area contributed by atoms with Gasteiger partial charge in [0.2, 0.25) is 5.91 Å². The first kappa shape index (κ1) is 19.3. The van der Waals surface area contributed by atoms with Gasteiger partial charge in [-0.05, 0) is 31.2 Å². The fourth-order valence-corrected chi connectivity index (χ4v) is 2.89. The predicted octanol–water partition coefficient (Wildman–Crippen LogP) is 1.04. The number of rotatable bonds is 7. The molecular weight excluding hydrogens is 344 g/mol. The van der Waals surface area contributed by atoms with E-state index in [0.29, 0.717) is 25.8 Å². The van der Waals surface area contributed by atoms with Gasteiger partial charge in [-0.15, -0.1) is 0 Å². The molecule has 2 amide bonds. The summed E-state index contributed by atoms with van der Waals surface area (Å²) in [7, 11) is 0. The van der Waals surface area contributed by atoms with Crippen LogP contribution in [0.4, 0.5) is 0 Å². The van der Waals surface area contributed by atoms with E-state index in [2.05, 4.69) is 17.9 Å². The molecule has 8 heteroatoms. The summed E-state index contributed by atoms with van der Waals surface area (Å²) in [4.78, 5) is 40.4. The summed E-state index contributed by atoms with van der Waals surface area (Å²) in [6.07, 6.45) is 2.37. The van der Waals surface area contributed by atoms with Crippen molar-refractivity contribution >= 4 is 30.4 Å². The molecule has 0 saturated carbocycles. The summed E-state index contributed by atoms with van der Waals surface area (Å²) >= 11 is 4.34. The van der Waals surface area contributed by atoms with Crippen LogP contribution in [-0.4, -0.2) is 52.4 Å². The van der Waals surface area contributed by atoms with Crippen molar-refractivity contribution < 1.29 is 24.3 Å². The van der Waals surface area contributed by atoms with Crippen LogP contribution in [0, 0.1) is 0 Å². The topological polar surface area (TPSA) is 95.9 Å². The summed E-state index contributed by atoms with van der Waals surface area (Å²) in [5.74, 6) is -1.91. The lowest BCUT2D eigenvalue weighted by Crippen LogP contribution is -2.49. The number of hydroxylamine groups is 2. The van der Waals surface area contributed by atoms with E-state index >= 15 is 0 Å². The van der Waals surface area contributed by atoms with Crippen LogP contribution in [0.3, 0.4) is 0 Å². The average Bonchev–Trinajstić information content (AvgIpc) is 2.76. The van der Waals surface area contributed by atoms with Crippen molar-refractivity contribution in [2.45, 2.75) is 37.0 Å². The smallest absolute Gasteiger partial charge is 0.332 e. The molecule has 1 aromatic rings. The minimum atomic E-state index is -1.16. The van der Waals surface area contributed by atoms with E-state index in [1.54, 1.807) is 0 Å². The lowest BCUT2D eigenvalue weighted by Gasteiger charge is -2.24. The van der Waals surface area contributed by atoms with Crippen molar-refractivity contribution in [1.82, 2.24) is 10.4 Å². The number of carbonyl (C=O) groups is 3. The number of amides is 2. The van der Waals surface area contributed by atoms with E-state index in [4.69, 9.17) is 9.94 Å². The molecule has 0 radical (unpaired) electrons. The van der Waals surface area contributed by atoms with Crippen molar-refractivity contribution in [3.8, 4) is 0 Å². The third kappa shape index (κ3) is 6.06. The second kappa shape index (κ2) is 9.43. The maximum atomic E-state index is 12.4. The van der Waals surface area contributed by atoms with Crippen LogP contribution in [-0.2, 0) is 25.6 Å². The molecular formula is C17H22N2O5S. The molecule has 7 nitrogen and oxygen atoms in total. The molecule has 0 unspecified atom stereocenters. The quantitative estimate of drug-likeness (QED) is 0.627. The van der Waals surface area contributed by atoms with Crippen LogP contribution in [0.1, 0.15) is 24.8 Å². The zero-order valence-corrected chi connectivity index (χ0v) is 14.7. The number of hydrogen-bond acceptors (Lipinski definition) is 5. The molecule has 1 aliphatic rings. The standard InChI is InChI=1S/C17H22N2O5S/c20-15(21)11-24-19-9-5-4-8-13(17(19)23)18-16(22)14(25)10-12-6-2-1-3-7-12/h1-3,6-7,13-14,25H,4-5,8-11H2,(H,18,22)(H,20,21)/t13-,14-/m0/s1. The summed E-state index contributed by atoms with van der Waals surface area (Å²) in [6, 6.07) is 8.77. The summed E-state index contributed by atoms with van der Waals surface area (Å²) < 4.78 is 0. The Bertz CT molecular complexity index is 610. The lowest BCUT2D eigenvalue weighted by atomic mass is 10.1. The molecule has 136 valence electrons. The van der Waals surface area contributed by atoms with Crippen LogP contribution >= 0.6 is 12.6 Å². The first-order valence-electron chi connectivity index (χ1n) is 8.16. The third-order valence-corrected chi connectivity index (χ3v) is 4.30. The monoisotopic (exact) mass is 366 g/mol. The van der Waals surface area contributed by atoms with Gasteiger partial charge in [-0.25, -0.2) is 9.86 Å². The van der Waals surface area contributed by atoms with Gasteiger partial charge in [-0.1, -0.05) is 30.3 Å². The van der Waals surface area contributed by atoms with E-state index in [9.17, 15) is 14.4 Å². The Morgan fingerprint density at radius 2 is 2.04 bits per heavy atom. The van der Waals surface area contributed by atoms with Gasteiger partial charge in [0.1, 0.15) is 6.04 Å². The van der Waals surface area contributed by atoms with Gasteiger partial charge in [-0.3, -0.25) is 14.4 Å². The summed E-state index contributed by atoms with van der Waals surface area (Å²) in [5, 5.41) is 11.9. The van der Waals surface area contributed by atoms with Gasteiger partial charge < -0.3 is 10.4 Å². The Morgan fingerprint density at radius 3 is 2.72 bits per heavy atom. The number of carboxylic acid groups (broad SMARTS) is 1. The molecule has 2 atom stereocenters. The van der Waals surface area contributed by atoms with Crippen molar-refractivity contribution in [2.75, 3.05) is 13.2 Å². The number of benzene rings is 1. The molecule has 2 rings (SSSR count). The number of nitrogens with zero attached hydrogens (tertiary/aromatic N) is 1. The third-order valence-electron chi connectivity index (χ3n) is 3.88. The number of carboxylic acids is 1. The average molecular weight is 366 g/mol. The first-order valence-corrected chi connectivity index (χ1v) is 8.67. The Hall–Kier alpha value is -2.06. The molecule has 1 fully saturated rings. The predicted molar refractivity (Wildman–Crippen MR) is 94.0 cm³/mol. The van der Waals surface area contributed by atoms with Gasteiger partial charge >= 0.3 is 5.97 Å². The molecule has 1 aromatic carbocycles. The molecule has 1 heterocycles. The molecule has 2 N–H and O–H groups in total. The number of hydrogen-bond donors (Lipinski definition) is 3. The molecule has 0 aromatic heterocycles. The molecule has 25 heavy (non-hydrogen) atoms. The van der Waals surface area contributed by atoms with Gasteiger partial charge in [-0.2, -0.15) is 12.6 Å². The number of aliphatic carboxylic acids is 1. The van der Waals surface area contributed by atoms with Crippen molar-refractivity contribution in [3.63, 3.8) is 0 Å². The van der Waals surface area contributed by atoms with Crippen molar-refractivity contribution in [1.29, 1.82) is 0 Å². The fourth-order valence-electron chi connectivity index (χ4n) is 2.60. The molecule has 0 bridgehead atoms. The Kier molecular flexibility index (Phi) is 7.27. The number of nitrogens with one attached hydrogen (secondary N) is 1. The molecule has 0 spiro atoms. The van der Waals surface area contributed by atoms with Crippen LogP contribution in [0.15, 0.2) is 30.3 Å². The van der Waals surface area contributed by atoms with Crippen LogP contribution in [0.5, 0.6) is 0 Å². The van der Waals surface area contributed by atoms with Crippen LogP contribution < -0.4 is 5.32 Å². The summed E-state index contributed by atoms with van der Waals surface area (Å²) in [6.45, 7) is -0.275. The molecule has 1 aliphatic heterocycles. The van der Waals surface area contributed by atoms with Gasteiger partial charge in [0.05, 0.1) is 5.25 Å². The zero-order chi connectivity index (χ0) is 18.2. The van der Waals surface area contributed by atoms with Gasteiger partial charge in [0.25, 0.3) is 5.91 Å². The van der Waals surface area contributed by atoms with E-state index in [0.717, 1.165) is 17.0 Å². The van der Waals surface area contributed by atoms with E-state index in [1.807, 2.05) is 30.3 Å². The number of carbonyl (C=O) groups excluding carboxylic acids is 2. The Balaban J connectivity index is 1.93. The molecule has 1 saturated heterocycles. The van der Waals surface area contributed by atoms with E-state index in [1.165, 1.54) is 0 Å². The Labute approximate surface area is 151 Å². The second-order valence-electron chi connectivity index (χ2n) is 5.87. The Morgan fingerprint density at radius 1 is 1.32 bits per heavy atom. The largest absolute Gasteiger partial charge is 0.479 e. The van der Waals surface area contributed by atoms with Crippen LogP contribution in [0.25, 0.3) is 0 Å². The highest BCUT2D eigenvalue weighted by atomic mass is 32.1. The van der Waals surface area contributed by atoms with Gasteiger partial charge in [0.15, 0.2) is 6.61 Å². The van der Waals surface area contributed by atoms with E-state index in [-0.39, 0.29) is 5.91 Å². The highest BCUT2D eigenvalue weighted by molar-refractivity contribution is 7.81. The highest BCUT2D eigenvalue weighted by Gasteiger charge is 2.30. The van der Waals surface area contributed by atoms with E-state index < -0.39 is 29.8 Å². The number of thiol groups is 1. The maximum absolute atomic E-state index is 12.4. The van der Waals surface area contributed by atoms with Crippen molar-refractivity contribution in [2.24, 2.45) is 0 Å². The minimum Gasteiger partial charge on any atom is -0.479 e. The lowest BCUT2D eigenvalue weighted by molar-refractivity contribution is -0.193. The second-order valence-corrected chi connectivity index (χ2v) is 6.49. The minimum absolute atomic E-state index is 0.312. The maximum Gasteiger partial charge on any atom is 0.332 e. The van der Waals surface area contributed by atoms with Crippen LogP contribution in [0.2, 0.25) is 0 Å². The fraction of sp³-hybridized carbons (Fsp3) is 0.471. The summed E-state index contributed by atoms with van der Waals surface area (Å²) in [5.41, 5.74) is 0.983. The zero-order valence-electron chi connectivity index (χ0n) is 13.8.